The lowest BCUT2D eigenvalue weighted by molar-refractivity contribution is 0.102. The zero-order chi connectivity index (χ0) is 21.5. The van der Waals surface area contributed by atoms with Gasteiger partial charge in [-0.3, -0.25) is 4.79 Å². The van der Waals surface area contributed by atoms with Crippen molar-refractivity contribution in [3.8, 4) is 17.1 Å². The SMILES string of the molecule is O=C(Nc1ccc(-c2nc3ccccc3[nH]2)cc1)c1cnn(-c2ccccc2)c1C1CC1. The second-order valence-electron chi connectivity index (χ2n) is 8.10. The number of nitrogens with zero attached hydrogens (tertiary/aromatic N) is 3. The van der Waals surface area contributed by atoms with Crippen LogP contribution in [0.15, 0.2) is 85.1 Å². The van der Waals surface area contributed by atoms with Crippen LogP contribution in [0.5, 0.6) is 0 Å². The van der Waals surface area contributed by atoms with E-state index in [4.69, 9.17) is 0 Å². The second kappa shape index (κ2) is 7.50. The normalized spacial score (nSPS) is 13.4. The predicted molar refractivity (Wildman–Crippen MR) is 125 cm³/mol. The van der Waals surface area contributed by atoms with Gasteiger partial charge in [0.25, 0.3) is 5.91 Å². The first-order chi connectivity index (χ1) is 15.8. The van der Waals surface area contributed by atoms with E-state index >= 15 is 0 Å². The van der Waals surface area contributed by atoms with Crippen LogP contribution in [0.3, 0.4) is 0 Å². The summed E-state index contributed by atoms with van der Waals surface area (Å²) in [6, 6.07) is 25.6. The molecule has 6 heteroatoms. The lowest BCUT2D eigenvalue weighted by atomic mass is 10.1. The molecule has 6 nitrogen and oxygen atoms in total. The van der Waals surface area contributed by atoms with E-state index in [0.717, 1.165) is 52.3 Å². The number of nitrogens with one attached hydrogen (secondary N) is 2. The number of aromatic amines is 1. The highest BCUT2D eigenvalue weighted by Gasteiger charge is 2.32. The van der Waals surface area contributed by atoms with Gasteiger partial charge in [-0.25, -0.2) is 9.67 Å². The molecule has 0 bridgehead atoms. The summed E-state index contributed by atoms with van der Waals surface area (Å²) in [6.45, 7) is 0. The quantitative estimate of drug-likeness (QED) is 0.392. The fraction of sp³-hybridized carbons (Fsp3) is 0.115. The Kier molecular flexibility index (Phi) is 4.35. The van der Waals surface area contributed by atoms with Gasteiger partial charge in [0.05, 0.1) is 34.2 Å². The van der Waals surface area contributed by atoms with Crippen molar-refractivity contribution in [2.24, 2.45) is 0 Å². The lowest BCUT2D eigenvalue weighted by Gasteiger charge is -2.10. The van der Waals surface area contributed by atoms with Crippen LogP contribution in [0.2, 0.25) is 0 Å². The van der Waals surface area contributed by atoms with Gasteiger partial charge in [-0.15, -0.1) is 0 Å². The van der Waals surface area contributed by atoms with Crippen LogP contribution >= 0.6 is 0 Å². The molecule has 0 radical (unpaired) electrons. The molecule has 156 valence electrons. The molecule has 5 aromatic rings. The zero-order valence-electron chi connectivity index (χ0n) is 17.3. The van der Waals surface area contributed by atoms with E-state index in [1.807, 2.05) is 83.5 Å². The molecule has 1 fully saturated rings. The first-order valence-corrected chi connectivity index (χ1v) is 10.8. The van der Waals surface area contributed by atoms with Crippen LogP contribution in [0.1, 0.15) is 34.8 Å². The van der Waals surface area contributed by atoms with Crippen molar-refractivity contribution < 1.29 is 4.79 Å². The topological polar surface area (TPSA) is 75.6 Å². The molecule has 2 N–H and O–H groups in total. The number of para-hydroxylation sites is 3. The van der Waals surface area contributed by atoms with Gasteiger partial charge in [0.2, 0.25) is 0 Å². The van der Waals surface area contributed by atoms with Crippen molar-refractivity contribution in [1.82, 2.24) is 19.7 Å². The van der Waals surface area contributed by atoms with Gasteiger partial charge >= 0.3 is 0 Å². The summed E-state index contributed by atoms with van der Waals surface area (Å²) in [6.07, 6.45) is 3.86. The smallest absolute Gasteiger partial charge is 0.259 e. The number of rotatable bonds is 5. The average Bonchev–Trinajstić information content (AvgIpc) is 3.42. The van der Waals surface area contributed by atoms with Crippen molar-refractivity contribution in [1.29, 1.82) is 0 Å². The van der Waals surface area contributed by atoms with Gasteiger partial charge in [0.1, 0.15) is 5.82 Å². The minimum Gasteiger partial charge on any atom is -0.338 e. The Balaban J connectivity index is 1.25. The van der Waals surface area contributed by atoms with Gasteiger partial charge < -0.3 is 10.3 Å². The number of carbonyl (C=O) groups excluding carboxylic acids is 1. The number of anilines is 1. The third-order valence-corrected chi connectivity index (χ3v) is 5.82. The summed E-state index contributed by atoms with van der Waals surface area (Å²) in [7, 11) is 0. The monoisotopic (exact) mass is 419 g/mol. The second-order valence-corrected chi connectivity index (χ2v) is 8.10. The van der Waals surface area contributed by atoms with Gasteiger partial charge in [-0.2, -0.15) is 5.10 Å². The number of hydrogen-bond donors (Lipinski definition) is 2. The van der Waals surface area contributed by atoms with Crippen molar-refractivity contribution in [3.05, 3.63) is 96.3 Å². The lowest BCUT2D eigenvalue weighted by Crippen LogP contribution is -2.14. The summed E-state index contributed by atoms with van der Waals surface area (Å²) in [4.78, 5) is 21.1. The number of imidazole rings is 1. The highest BCUT2D eigenvalue weighted by atomic mass is 16.1. The Morgan fingerprint density at radius 1 is 0.938 bits per heavy atom. The van der Waals surface area contributed by atoms with E-state index in [1.54, 1.807) is 6.20 Å². The molecule has 1 aliphatic carbocycles. The minimum absolute atomic E-state index is 0.134. The first kappa shape index (κ1) is 18.6. The maximum atomic E-state index is 13.1. The third-order valence-electron chi connectivity index (χ3n) is 5.82. The summed E-state index contributed by atoms with van der Waals surface area (Å²) in [5.74, 6) is 1.06. The standard InChI is InChI=1S/C26H21N5O/c32-26(21-16-27-31(24(21)17-10-11-17)20-6-2-1-3-7-20)28-19-14-12-18(13-15-19)25-29-22-8-4-5-9-23(22)30-25/h1-9,12-17H,10-11H2,(H,28,32)(H,29,30). The zero-order valence-corrected chi connectivity index (χ0v) is 17.3. The Bertz CT molecular complexity index is 1380. The van der Waals surface area contributed by atoms with E-state index in [9.17, 15) is 4.79 Å². The molecule has 2 heterocycles. The molecule has 1 amide bonds. The number of hydrogen-bond acceptors (Lipinski definition) is 3. The van der Waals surface area contributed by atoms with Gasteiger partial charge in [0.15, 0.2) is 0 Å². The molecule has 0 aliphatic heterocycles. The van der Waals surface area contributed by atoms with E-state index in [-0.39, 0.29) is 5.91 Å². The summed E-state index contributed by atoms with van der Waals surface area (Å²) in [5, 5.41) is 7.56. The highest BCUT2D eigenvalue weighted by Crippen LogP contribution is 2.42. The van der Waals surface area contributed by atoms with Gasteiger partial charge in [-0.1, -0.05) is 30.3 Å². The van der Waals surface area contributed by atoms with E-state index < -0.39 is 0 Å². The first-order valence-electron chi connectivity index (χ1n) is 10.8. The molecular weight excluding hydrogens is 398 g/mol. The Hall–Kier alpha value is -4.19. The summed E-state index contributed by atoms with van der Waals surface area (Å²) in [5.41, 5.74) is 6.25. The number of fused-ring (bicyclic) bond motifs is 1. The van der Waals surface area contributed by atoms with Gasteiger partial charge in [-0.05, 0) is 61.4 Å². The Morgan fingerprint density at radius 2 is 1.69 bits per heavy atom. The molecule has 0 unspecified atom stereocenters. The van der Waals surface area contributed by atoms with E-state index in [1.165, 1.54) is 0 Å². The maximum Gasteiger partial charge on any atom is 0.259 e. The maximum absolute atomic E-state index is 13.1. The molecule has 2 aromatic heterocycles. The molecule has 0 spiro atoms. The minimum atomic E-state index is -0.134. The van der Waals surface area contributed by atoms with Crippen molar-refractivity contribution >= 4 is 22.6 Å². The molecule has 32 heavy (non-hydrogen) atoms. The number of aromatic nitrogens is 4. The average molecular weight is 419 g/mol. The molecule has 1 saturated carbocycles. The van der Waals surface area contributed by atoms with Gasteiger partial charge in [0, 0.05) is 17.2 Å². The van der Waals surface area contributed by atoms with Crippen LogP contribution in [-0.4, -0.2) is 25.7 Å². The molecule has 3 aromatic carbocycles. The van der Waals surface area contributed by atoms with E-state index in [0.29, 0.717) is 11.5 Å². The fourth-order valence-corrected chi connectivity index (χ4v) is 4.06. The van der Waals surface area contributed by atoms with Crippen molar-refractivity contribution in [2.45, 2.75) is 18.8 Å². The molecular formula is C26H21N5O. The highest BCUT2D eigenvalue weighted by molar-refractivity contribution is 6.05. The Morgan fingerprint density at radius 3 is 2.44 bits per heavy atom. The molecule has 0 saturated heterocycles. The van der Waals surface area contributed by atoms with Crippen molar-refractivity contribution in [3.63, 3.8) is 0 Å². The van der Waals surface area contributed by atoms with Crippen LogP contribution in [-0.2, 0) is 0 Å². The van der Waals surface area contributed by atoms with Crippen LogP contribution in [0.25, 0.3) is 28.1 Å². The number of amides is 1. The molecule has 0 atom stereocenters. The number of carbonyl (C=O) groups is 1. The number of benzene rings is 3. The Labute approximate surface area is 184 Å². The van der Waals surface area contributed by atoms with Crippen LogP contribution in [0.4, 0.5) is 5.69 Å². The largest absolute Gasteiger partial charge is 0.338 e. The van der Waals surface area contributed by atoms with Crippen LogP contribution < -0.4 is 5.32 Å². The molecule has 6 rings (SSSR count). The van der Waals surface area contributed by atoms with Crippen LogP contribution in [0, 0.1) is 0 Å². The van der Waals surface area contributed by atoms with Crippen molar-refractivity contribution in [2.75, 3.05) is 5.32 Å². The fourth-order valence-electron chi connectivity index (χ4n) is 4.06. The third kappa shape index (κ3) is 3.36. The van der Waals surface area contributed by atoms with E-state index in [2.05, 4.69) is 20.4 Å². The molecule has 1 aliphatic rings. The number of H-pyrrole nitrogens is 1. The summed E-state index contributed by atoms with van der Waals surface area (Å²) >= 11 is 0. The summed E-state index contributed by atoms with van der Waals surface area (Å²) < 4.78 is 1.90. The predicted octanol–water partition coefficient (Wildman–Crippen LogP) is 5.55.